The van der Waals surface area contributed by atoms with Crippen molar-refractivity contribution in [3.63, 3.8) is 0 Å². The van der Waals surface area contributed by atoms with Crippen molar-refractivity contribution < 1.29 is 27.4 Å². The average molecular weight is 288 g/mol. The molecule has 20 heavy (non-hydrogen) atoms. The number of benzene rings is 1. The molecule has 0 saturated heterocycles. The predicted octanol–water partition coefficient (Wildman–Crippen LogP) is 3.98. The van der Waals surface area contributed by atoms with Crippen LogP contribution in [0.4, 0.5) is 13.2 Å². The third kappa shape index (κ3) is 3.29. The number of hydrogen-bond donors (Lipinski definition) is 0. The lowest BCUT2D eigenvalue weighted by molar-refractivity contribution is -0.275. The molecule has 1 aromatic carbocycles. The Bertz CT molecular complexity index is 505. The Hall–Kier alpha value is -1.59. The smallest absolute Gasteiger partial charge is 0.490 e. The van der Waals surface area contributed by atoms with E-state index >= 15 is 0 Å². The fourth-order valence-electron chi connectivity index (χ4n) is 1.84. The van der Waals surface area contributed by atoms with Gasteiger partial charge in [0.1, 0.15) is 5.75 Å². The third-order valence-corrected chi connectivity index (χ3v) is 3.17. The largest absolute Gasteiger partial charge is 0.573 e. The minimum absolute atomic E-state index is 0.000170. The number of ether oxygens (including phenoxy) is 3. The number of alkyl halides is 3. The molecule has 0 atom stereocenters. The standard InChI is InChI=1S/C14H15F3O3/c1-8-11(18-9-2-3-9)6-7-12(19-10-4-5-10)13(8)20-14(15,16)17/h6-7,9-10H,2-5H2,1H3. The minimum Gasteiger partial charge on any atom is -0.490 e. The SMILES string of the molecule is Cc1c(OC2CC2)ccc(OC2CC2)c1OC(F)(F)F. The Kier molecular flexibility index (Phi) is 3.18. The molecule has 2 aliphatic rings. The van der Waals surface area contributed by atoms with Crippen molar-refractivity contribution in [3.8, 4) is 17.2 Å². The van der Waals surface area contributed by atoms with E-state index in [9.17, 15) is 13.2 Å². The summed E-state index contributed by atoms with van der Waals surface area (Å²) in [7, 11) is 0. The van der Waals surface area contributed by atoms with Gasteiger partial charge in [0.15, 0.2) is 11.5 Å². The van der Waals surface area contributed by atoms with E-state index < -0.39 is 6.36 Å². The molecule has 3 nitrogen and oxygen atoms in total. The molecule has 0 bridgehead atoms. The molecule has 0 spiro atoms. The molecule has 2 aliphatic carbocycles. The van der Waals surface area contributed by atoms with Gasteiger partial charge in [-0.3, -0.25) is 0 Å². The van der Waals surface area contributed by atoms with Crippen LogP contribution >= 0.6 is 0 Å². The van der Waals surface area contributed by atoms with Gasteiger partial charge in [-0.1, -0.05) is 0 Å². The zero-order chi connectivity index (χ0) is 14.3. The van der Waals surface area contributed by atoms with Gasteiger partial charge >= 0.3 is 6.36 Å². The van der Waals surface area contributed by atoms with Gasteiger partial charge in [0, 0.05) is 5.56 Å². The molecular weight excluding hydrogens is 273 g/mol. The fourth-order valence-corrected chi connectivity index (χ4v) is 1.84. The molecule has 0 aromatic heterocycles. The van der Waals surface area contributed by atoms with Crippen molar-refractivity contribution in [2.75, 3.05) is 0 Å². The quantitative estimate of drug-likeness (QED) is 0.820. The second-order valence-electron chi connectivity index (χ2n) is 5.20. The first-order valence-corrected chi connectivity index (χ1v) is 6.65. The molecule has 6 heteroatoms. The van der Waals surface area contributed by atoms with Crippen LogP contribution in [-0.2, 0) is 0 Å². The predicted molar refractivity (Wildman–Crippen MR) is 65.2 cm³/mol. The first-order valence-electron chi connectivity index (χ1n) is 6.65. The summed E-state index contributed by atoms with van der Waals surface area (Å²) in [6.07, 6.45) is -1.02. The van der Waals surface area contributed by atoms with Crippen LogP contribution in [0.25, 0.3) is 0 Å². The number of halogens is 3. The molecule has 2 fully saturated rings. The van der Waals surface area contributed by atoms with E-state index in [4.69, 9.17) is 9.47 Å². The summed E-state index contributed by atoms with van der Waals surface area (Å²) in [4.78, 5) is 0. The van der Waals surface area contributed by atoms with Gasteiger partial charge in [-0.2, -0.15) is 0 Å². The van der Waals surface area contributed by atoms with Crippen LogP contribution in [0, 0.1) is 6.92 Å². The van der Waals surface area contributed by atoms with Gasteiger partial charge in [-0.15, -0.1) is 13.2 Å². The molecule has 3 rings (SSSR count). The van der Waals surface area contributed by atoms with Crippen molar-refractivity contribution >= 4 is 0 Å². The Morgan fingerprint density at radius 3 is 1.95 bits per heavy atom. The first-order chi connectivity index (χ1) is 9.42. The van der Waals surface area contributed by atoms with Crippen molar-refractivity contribution in [1.82, 2.24) is 0 Å². The maximum atomic E-state index is 12.5. The highest BCUT2D eigenvalue weighted by atomic mass is 19.4. The van der Waals surface area contributed by atoms with E-state index in [1.807, 2.05) is 0 Å². The third-order valence-electron chi connectivity index (χ3n) is 3.17. The Morgan fingerprint density at radius 1 is 0.950 bits per heavy atom. The van der Waals surface area contributed by atoms with Gasteiger partial charge in [0.2, 0.25) is 0 Å². The summed E-state index contributed by atoms with van der Waals surface area (Å²) in [5.41, 5.74) is 0.326. The lowest BCUT2D eigenvalue weighted by atomic mass is 10.2. The summed E-state index contributed by atoms with van der Waals surface area (Å²) in [6, 6.07) is 3.14. The number of rotatable bonds is 5. The lowest BCUT2D eigenvalue weighted by Crippen LogP contribution is -2.19. The Labute approximate surface area is 114 Å². The molecule has 0 unspecified atom stereocenters. The van der Waals surface area contributed by atoms with Crippen LogP contribution in [0.5, 0.6) is 17.2 Å². The summed E-state index contributed by atoms with van der Waals surface area (Å²) in [5, 5.41) is 0. The van der Waals surface area contributed by atoms with Crippen LogP contribution in [0.1, 0.15) is 31.2 Å². The second kappa shape index (κ2) is 4.75. The van der Waals surface area contributed by atoms with Crippen LogP contribution in [0.15, 0.2) is 12.1 Å². The molecular formula is C14H15F3O3. The molecule has 0 heterocycles. The molecule has 110 valence electrons. The van der Waals surface area contributed by atoms with Gasteiger partial charge in [0.05, 0.1) is 12.2 Å². The van der Waals surface area contributed by atoms with E-state index in [0.29, 0.717) is 11.3 Å². The highest BCUT2D eigenvalue weighted by Gasteiger charge is 2.35. The molecule has 2 saturated carbocycles. The molecule has 0 amide bonds. The van der Waals surface area contributed by atoms with Crippen LogP contribution in [0.2, 0.25) is 0 Å². The summed E-state index contributed by atoms with van der Waals surface area (Å²) in [5.74, 6) is 0.267. The molecule has 0 radical (unpaired) electrons. The normalized spacial score (nSPS) is 18.8. The summed E-state index contributed by atoms with van der Waals surface area (Å²) >= 11 is 0. The van der Waals surface area contributed by atoms with E-state index in [1.165, 1.54) is 6.07 Å². The molecule has 0 aliphatic heterocycles. The van der Waals surface area contributed by atoms with Crippen molar-refractivity contribution in [2.45, 2.75) is 51.2 Å². The topological polar surface area (TPSA) is 27.7 Å². The van der Waals surface area contributed by atoms with Crippen LogP contribution in [-0.4, -0.2) is 18.6 Å². The van der Waals surface area contributed by atoms with Crippen LogP contribution < -0.4 is 14.2 Å². The number of hydrogen-bond acceptors (Lipinski definition) is 3. The van der Waals surface area contributed by atoms with Gasteiger partial charge in [-0.05, 0) is 44.7 Å². The van der Waals surface area contributed by atoms with E-state index in [2.05, 4.69) is 4.74 Å². The minimum atomic E-state index is -4.75. The highest BCUT2D eigenvalue weighted by molar-refractivity contribution is 5.53. The lowest BCUT2D eigenvalue weighted by Gasteiger charge is -2.18. The average Bonchev–Trinajstić information content (AvgIpc) is 3.20. The monoisotopic (exact) mass is 288 g/mol. The van der Waals surface area contributed by atoms with Crippen molar-refractivity contribution in [1.29, 1.82) is 0 Å². The van der Waals surface area contributed by atoms with E-state index in [1.54, 1.807) is 13.0 Å². The highest BCUT2D eigenvalue weighted by Crippen LogP contribution is 2.43. The van der Waals surface area contributed by atoms with Gasteiger partial charge < -0.3 is 14.2 Å². The first kappa shape index (κ1) is 13.4. The van der Waals surface area contributed by atoms with E-state index in [-0.39, 0.29) is 23.7 Å². The molecule has 0 N–H and O–H groups in total. The van der Waals surface area contributed by atoms with Gasteiger partial charge in [-0.25, -0.2) is 0 Å². The zero-order valence-electron chi connectivity index (χ0n) is 11.0. The maximum Gasteiger partial charge on any atom is 0.573 e. The van der Waals surface area contributed by atoms with Gasteiger partial charge in [0.25, 0.3) is 0 Å². The Balaban J connectivity index is 1.89. The molecule has 1 aromatic rings. The Morgan fingerprint density at radius 2 is 1.45 bits per heavy atom. The van der Waals surface area contributed by atoms with Crippen LogP contribution in [0.3, 0.4) is 0 Å². The summed E-state index contributed by atoms with van der Waals surface area (Å²) < 4.78 is 52.8. The second-order valence-corrected chi connectivity index (χ2v) is 5.20. The zero-order valence-corrected chi connectivity index (χ0v) is 11.0. The maximum absolute atomic E-state index is 12.5. The summed E-state index contributed by atoms with van der Waals surface area (Å²) in [6.45, 7) is 1.55. The van der Waals surface area contributed by atoms with E-state index in [0.717, 1.165) is 25.7 Å². The van der Waals surface area contributed by atoms with Crippen molar-refractivity contribution in [2.24, 2.45) is 0 Å². The van der Waals surface area contributed by atoms with Crippen molar-refractivity contribution in [3.05, 3.63) is 17.7 Å². The fraction of sp³-hybridized carbons (Fsp3) is 0.571.